The molecular weight excluding hydrogens is 367 g/mol. The van der Waals surface area contributed by atoms with Gasteiger partial charge in [0.05, 0.1) is 5.02 Å². The van der Waals surface area contributed by atoms with E-state index < -0.39 is 11.8 Å². The number of nitrogens with one attached hydrogen (secondary N) is 1. The molecule has 0 radical (unpaired) electrons. The molecule has 1 saturated heterocycles. The highest BCUT2D eigenvalue weighted by molar-refractivity contribution is 6.30. The van der Waals surface area contributed by atoms with Crippen molar-refractivity contribution in [3.63, 3.8) is 0 Å². The molecule has 2 aromatic rings. The highest BCUT2D eigenvalue weighted by Gasteiger charge is 2.36. The molecule has 7 heteroatoms. The highest BCUT2D eigenvalue weighted by Crippen LogP contribution is 2.34. The van der Waals surface area contributed by atoms with Crippen LogP contribution in [0.4, 0.5) is 15.9 Å². The van der Waals surface area contributed by atoms with E-state index in [1.54, 1.807) is 18.3 Å². The Morgan fingerprint density at radius 1 is 1.41 bits per heavy atom. The fourth-order valence-electron chi connectivity index (χ4n) is 3.34. The summed E-state index contributed by atoms with van der Waals surface area (Å²) in [5.74, 6) is 0.827. The standard InChI is InChI=1S/C20H26ClFN4O/c1-13(2)11-26(19-7-4-14(21)9-25-19)15-5-6-17(22)16(8-15)20(3)12-24-10-18(23)27-20/h4-9,13,18,24H,10-12,23H2,1-3H3/t18-,20?/m1/s1. The maximum atomic E-state index is 14.7. The number of nitrogens with two attached hydrogens (primary N) is 1. The summed E-state index contributed by atoms with van der Waals surface area (Å²) in [4.78, 5) is 6.50. The van der Waals surface area contributed by atoms with Crippen molar-refractivity contribution >= 4 is 23.1 Å². The number of halogens is 2. The molecule has 146 valence electrons. The van der Waals surface area contributed by atoms with Crippen LogP contribution in [-0.4, -0.2) is 30.8 Å². The minimum Gasteiger partial charge on any atom is -0.350 e. The molecule has 0 bridgehead atoms. The summed E-state index contributed by atoms with van der Waals surface area (Å²) < 4.78 is 20.6. The number of benzene rings is 1. The Labute approximate surface area is 164 Å². The number of nitrogens with zero attached hydrogens (tertiary/aromatic N) is 2. The van der Waals surface area contributed by atoms with Gasteiger partial charge in [-0.3, -0.25) is 0 Å². The van der Waals surface area contributed by atoms with Gasteiger partial charge in [-0.2, -0.15) is 0 Å². The van der Waals surface area contributed by atoms with Crippen molar-refractivity contribution in [2.45, 2.75) is 32.6 Å². The van der Waals surface area contributed by atoms with Gasteiger partial charge in [-0.25, -0.2) is 9.37 Å². The fraction of sp³-hybridized carbons (Fsp3) is 0.450. The minimum absolute atomic E-state index is 0.314. The molecule has 1 aromatic carbocycles. The lowest BCUT2D eigenvalue weighted by Crippen LogP contribution is -2.53. The van der Waals surface area contributed by atoms with Crippen LogP contribution in [0.2, 0.25) is 5.02 Å². The molecule has 1 aromatic heterocycles. The molecule has 27 heavy (non-hydrogen) atoms. The first kappa shape index (κ1) is 20.0. The summed E-state index contributed by atoms with van der Waals surface area (Å²) in [6.07, 6.45) is 1.14. The number of aromatic nitrogens is 1. The van der Waals surface area contributed by atoms with E-state index in [9.17, 15) is 4.39 Å². The second-order valence-electron chi connectivity index (χ2n) is 7.52. The summed E-state index contributed by atoms with van der Waals surface area (Å²) in [5.41, 5.74) is 6.41. The van der Waals surface area contributed by atoms with E-state index >= 15 is 0 Å². The van der Waals surface area contributed by atoms with Gasteiger partial charge >= 0.3 is 0 Å². The molecule has 0 aliphatic carbocycles. The van der Waals surface area contributed by atoms with E-state index in [1.165, 1.54) is 6.07 Å². The topological polar surface area (TPSA) is 63.4 Å². The van der Waals surface area contributed by atoms with Crippen LogP contribution < -0.4 is 16.0 Å². The lowest BCUT2D eigenvalue weighted by molar-refractivity contribution is -0.109. The van der Waals surface area contributed by atoms with Crippen LogP contribution in [-0.2, 0) is 10.3 Å². The zero-order valence-electron chi connectivity index (χ0n) is 15.9. The van der Waals surface area contributed by atoms with Crippen LogP contribution in [0.5, 0.6) is 0 Å². The number of pyridine rings is 1. The molecule has 0 spiro atoms. The molecule has 3 rings (SSSR count). The average Bonchev–Trinajstić information content (AvgIpc) is 2.60. The first-order valence-electron chi connectivity index (χ1n) is 9.12. The van der Waals surface area contributed by atoms with E-state index in [1.807, 2.05) is 19.1 Å². The molecular formula is C20H26ClFN4O. The molecule has 0 amide bonds. The summed E-state index contributed by atoms with van der Waals surface area (Å²) >= 11 is 5.98. The fourth-order valence-corrected chi connectivity index (χ4v) is 3.45. The number of ether oxygens (including phenoxy) is 1. The number of morpholine rings is 1. The molecule has 2 heterocycles. The van der Waals surface area contributed by atoms with Crippen LogP contribution >= 0.6 is 11.6 Å². The Morgan fingerprint density at radius 2 is 2.19 bits per heavy atom. The van der Waals surface area contributed by atoms with E-state index in [0.29, 0.717) is 29.6 Å². The molecule has 3 N–H and O–H groups in total. The third-order valence-electron chi connectivity index (χ3n) is 4.59. The molecule has 1 aliphatic heterocycles. The summed E-state index contributed by atoms with van der Waals surface area (Å²) in [7, 11) is 0. The summed E-state index contributed by atoms with van der Waals surface area (Å²) in [6, 6.07) is 8.73. The van der Waals surface area contributed by atoms with Crippen molar-refractivity contribution in [3.8, 4) is 0 Å². The smallest absolute Gasteiger partial charge is 0.133 e. The predicted octanol–water partition coefficient (Wildman–Crippen LogP) is 3.79. The van der Waals surface area contributed by atoms with Gasteiger partial charge in [0.2, 0.25) is 0 Å². The van der Waals surface area contributed by atoms with Crippen molar-refractivity contribution in [2.75, 3.05) is 24.5 Å². The Balaban J connectivity index is 2.02. The van der Waals surface area contributed by atoms with E-state index in [2.05, 4.69) is 29.0 Å². The largest absolute Gasteiger partial charge is 0.350 e. The maximum absolute atomic E-state index is 14.7. The van der Waals surface area contributed by atoms with Crippen LogP contribution in [0, 0.1) is 11.7 Å². The number of rotatable bonds is 5. The quantitative estimate of drug-likeness (QED) is 0.810. The van der Waals surface area contributed by atoms with Crippen LogP contribution in [0.3, 0.4) is 0 Å². The van der Waals surface area contributed by atoms with Gasteiger partial charge in [0.25, 0.3) is 0 Å². The van der Waals surface area contributed by atoms with Crippen molar-refractivity contribution in [3.05, 3.63) is 52.9 Å². The lowest BCUT2D eigenvalue weighted by atomic mass is 9.93. The minimum atomic E-state index is -0.839. The van der Waals surface area contributed by atoms with E-state index in [0.717, 1.165) is 18.1 Å². The monoisotopic (exact) mass is 392 g/mol. The number of hydrogen-bond acceptors (Lipinski definition) is 5. The van der Waals surface area contributed by atoms with Crippen molar-refractivity contribution < 1.29 is 9.13 Å². The Morgan fingerprint density at radius 3 is 2.81 bits per heavy atom. The highest BCUT2D eigenvalue weighted by atomic mass is 35.5. The van der Waals surface area contributed by atoms with Gasteiger partial charge in [0.1, 0.15) is 23.5 Å². The second kappa shape index (κ2) is 8.10. The number of anilines is 2. The van der Waals surface area contributed by atoms with E-state index in [4.69, 9.17) is 22.1 Å². The van der Waals surface area contributed by atoms with Gasteiger partial charge in [0, 0.05) is 37.1 Å². The van der Waals surface area contributed by atoms with Crippen LogP contribution in [0.15, 0.2) is 36.5 Å². The number of hydrogen-bond donors (Lipinski definition) is 2. The van der Waals surface area contributed by atoms with E-state index in [-0.39, 0.29) is 5.82 Å². The van der Waals surface area contributed by atoms with Gasteiger partial charge in [-0.1, -0.05) is 25.4 Å². The summed E-state index contributed by atoms with van der Waals surface area (Å²) in [6.45, 7) is 7.88. The van der Waals surface area contributed by atoms with Crippen LogP contribution in [0.1, 0.15) is 26.3 Å². The normalized spacial score (nSPS) is 22.9. The third kappa shape index (κ3) is 4.58. The Bertz CT molecular complexity index is 786. The van der Waals surface area contributed by atoms with Crippen molar-refractivity contribution in [1.29, 1.82) is 0 Å². The Hall–Kier alpha value is -1.73. The van der Waals surface area contributed by atoms with Gasteiger partial charge in [-0.05, 0) is 43.2 Å². The van der Waals surface area contributed by atoms with Crippen molar-refractivity contribution in [2.24, 2.45) is 11.7 Å². The van der Waals surface area contributed by atoms with Crippen molar-refractivity contribution in [1.82, 2.24) is 10.3 Å². The molecule has 2 atom stereocenters. The molecule has 1 fully saturated rings. The molecule has 1 aliphatic rings. The Kier molecular flexibility index (Phi) is 6.01. The molecule has 0 saturated carbocycles. The summed E-state index contributed by atoms with van der Waals surface area (Å²) in [5, 5.41) is 3.79. The maximum Gasteiger partial charge on any atom is 0.133 e. The van der Waals surface area contributed by atoms with Gasteiger partial charge < -0.3 is 20.7 Å². The molecule has 5 nitrogen and oxygen atoms in total. The third-order valence-corrected chi connectivity index (χ3v) is 4.81. The zero-order valence-corrected chi connectivity index (χ0v) is 16.6. The van der Waals surface area contributed by atoms with Gasteiger partial charge in [-0.15, -0.1) is 0 Å². The predicted molar refractivity (Wildman–Crippen MR) is 107 cm³/mol. The second-order valence-corrected chi connectivity index (χ2v) is 7.96. The SMILES string of the molecule is CC(C)CN(c1ccc(F)c(C2(C)CNC[C@H](N)O2)c1)c1ccc(Cl)cn1. The molecule has 1 unspecified atom stereocenters. The average molecular weight is 393 g/mol. The lowest BCUT2D eigenvalue weighted by Gasteiger charge is -2.39. The first-order valence-corrected chi connectivity index (χ1v) is 9.49. The van der Waals surface area contributed by atoms with Gasteiger partial charge in [0.15, 0.2) is 0 Å². The zero-order chi connectivity index (χ0) is 19.6. The van der Waals surface area contributed by atoms with Crippen LogP contribution in [0.25, 0.3) is 0 Å². The first-order chi connectivity index (χ1) is 12.8.